The Morgan fingerprint density at radius 1 is 1.00 bits per heavy atom. The Morgan fingerprint density at radius 2 is 1.74 bits per heavy atom. The average Bonchev–Trinajstić information content (AvgIpc) is 2.99. The van der Waals surface area contributed by atoms with Crippen LogP contribution >= 0.6 is 0 Å². The monoisotopic (exact) mass is 314 g/mol. The van der Waals surface area contributed by atoms with Crippen LogP contribution in [0.4, 0.5) is 5.82 Å². The quantitative estimate of drug-likeness (QED) is 0.851. The van der Waals surface area contributed by atoms with Gasteiger partial charge in [0.25, 0.3) is 5.78 Å². The highest BCUT2D eigenvalue weighted by Crippen LogP contribution is 2.31. The number of aromatic nitrogens is 4. The molecular weight excluding hydrogens is 288 g/mol. The van der Waals surface area contributed by atoms with Gasteiger partial charge >= 0.3 is 0 Å². The maximum absolute atomic E-state index is 4.86. The van der Waals surface area contributed by atoms with Gasteiger partial charge in [0, 0.05) is 43.9 Å². The van der Waals surface area contributed by atoms with Gasteiger partial charge in [-0.15, -0.1) is 5.10 Å². The summed E-state index contributed by atoms with van der Waals surface area (Å²) in [5.74, 6) is 3.43. The summed E-state index contributed by atoms with van der Waals surface area (Å²) in [6.45, 7) is 6.30. The summed E-state index contributed by atoms with van der Waals surface area (Å²) in [4.78, 5) is 14.2. The summed E-state index contributed by atoms with van der Waals surface area (Å²) in [7, 11) is 2.18. The van der Waals surface area contributed by atoms with Crippen LogP contribution in [0.3, 0.4) is 0 Å². The molecule has 0 unspecified atom stereocenters. The van der Waals surface area contributed by atoms with Crippen molar-refractivity contribution in [2.45, 2.75) is 44.9 Å². The van der Waals surface area contributed by atoms with Crippen molar-refractivity contribution in [1.82, 2.24) is 24.5 Å². The maximum Gasteiger partial charge on any atom is 0.254 e. The Kier molecular flexibility index (Phi) is 3.93. The Bertz CT molecular complexity index is 680. The van der Waals surface area contributed by atoms with Crippen LogP contribution in [-0.4, -0.2) is 57.7 Å². The van der Waals surface area contributed by atoms with E-state index in [9.17, 15) is 0 Å². The zero-order valence-corrected chi connectivity index (χ0v) is 14.2. The molecule has 3 heterocycles. The number of piperazine rings is 1. The van der Waals surface area contributed by atoms with E-state index in [0.29, 0.717) is 5.92 Å². The van der Waals surface area contributed by atoms with Crippen molar-refractivity contribution in [2.24, 2.45) is 0 Å². The second-order valence-electron chi connectivity index (χ2n) is 7.06. The standard InChI is InChI=1S/C17H26N6/c1-13-12-15(22-10-8-21(2)9-11-22)23-17(18-13)19-16(20-23)14-6-4-3-5-7-14/h12,14H,3-11H2,1-2H3. The number of hydrogen-bond donors (Lipinski definition) is 0. The zero-order valence-electron chi connectivity index (χ0n) is 14.2. The molecule has 23 heavy (non-hydrogen) atoms. The molecule has 0 N–H and O–H groups in total. The molecule has 1 saturated heterocycles. The van der Waals surface area contributed by atoms with Crippen molar-refractivity contribution < 1.29 is 0 Å². The molecule has 6 heteroatoms. The van der Waals surface area contributed by atoms with E-state index >= 15 is 0 Å². The topological polar surface area (TPSA) is 49.6 Å². The van der Waals surface area contributed by atoms with Crippen molar-refractivity contribution in [1.29, 1.82) is 0 Å². The van der Waals surface area contributed by atoms with Gasteiger partial charge in [-0.2, -0.15) is 9.50 Å². The van der Waals surface area contributed by atoms with Crippen LogP contribution in [0, 0.1) is 6.92 Å². The lowest BCUT2D eigenvalue weighted by Crippen LogP contribution is -2.45. The molecule has 1 aliphatic carbocycles. The molecule has 0 atom stereocenters. The Morgan fingerprint density at radius 3 is 2.48 bits per heavy atom. The van der Waals surface area contributed by atoms with Gasteiger partial charge < -0.3 is 9.80 Å². The average molecular weight is 314 g/mol. The molecule has 0 aromatic carbocycles. The molecule has 0 radical (unpaired) electrons. The van der Waals surface area contributed by atoms with Crippen LogP contribution in [0.1, 0.15) is 49.5 Å². The van der Waals surface area contributed by atoms with E-state index < -0.39 is 0 Å². The molecule has 124 valence electrons. The molecule has 2 fully saturated rings. The molecule has 2 aromatic heterocycles. The minimum Gasteiger partial charge on any atom is -0.354 e. The lowest BCUT2D eigenvalue weighted by atomic mass is 9.89. The number of rotatable bonds is 2. The Balaban J connectivity index is 1.70. The van der Waals surface area contributed by atoms with Gasteiger partial charge in [0.05, 0.1) is 0 Å². The Hall–Kier alpha value is -1.69. The molecule has 2 aliphatic rings. The van der Waals surface area contributed by atoms with E-state index in [-0.39, 0.29) is 0 Å². The summed E-state index contributed by atoms with van der Waals surface area (Å²) in [5, 5.41) is 4.86. The second-order valence-corrected chi connectivity index (χ2v) is 7.06. The first-order valence-corrected chi connectivity index (χ1v) is 8.88. The molecule has 1 aliphatic heterocycles. The SMILES string of the molecule is Cc1cc(N2CCN(C)CC2)n2nc(C3CCCCC3)nc2n1. The lowest BCUT2D eigenvalue weighted by molar-refractivity contribution is 0.311. The van der Waals surface area contributed by atoms with Crippen LogP contribution in [0.15, 0.2) is 6.07 Å². The van der Waals surface area contributed by atoms with Crippen molar-refractivity contribution in [3.63, 3.8) is 0 Å². The first-order chi connectivity index (χ1) is 11.2. The highest BCUT2D eigenvalue weighted by Gasteiger charge is 2.23. The molecule has 2 aromatic rings. The first kappa shape index (κ1) is 14.9. The van der Waals surface area contributed by atoms with E-state index in [1.54, 1.807) is 0 Å². The minimum atomic E-state index is 0.520. The maximum atomic E-state index is 4.86. The number of anilines is 1. The fourth-order valence-corrected chi connectivity index (χ4v) is 3.78. The predicted molar refractivity (Wildman–Crippen MR) is 91.1 cm³/mol. The second kappa shape index (κ2) is 6.07. The number of fused-ring (bicyclic) bond motifs is 1. The molecule has 4 rings (SSSR count). The number of likely N-dealkylation sites (N-methyl/N-ethyl adjacent to an activating group) is 1. The smallest absolute Gasteiger partial charge is 0.254 e. The van der Waals surface area contributed by atoms with Gasteiger partial charge in [0.15, 0.2) is 5.82 Å². The highest BCUT2D eigenvalue weighted by atomic mass is 15.4. The minimum absolute atomic E-state index is 0.520. The van der Waals surface area contributed by atoms with Crippen LogP contribution in [0.2, 0.25) is 0 Å². The molecular formula is C17H26N6. The van der Waals surface area contributed by atoms with E-state index in [4.69, 9.17) is 10.1 Å². The molecule has 0 amide bonds. The van der Waals surface area contributed by atoms with E-state index in [1.165, 1.54) is 32.1 Å². The van der Waals surface area contributed by atoms with Gasteiger partial charge in [-0.05, 0) is 26.8 Å². The molecule has 0 bridgehead atoms. The number of aryl methyl sites for hydroxylation is 1. The van der Waals surface area contributed by atoms with E-state index in [0.717, 1.165) is 49.3 Å². The van der Waals surface area contributed by atoms with Gasteiger partial charge in [-0.3, -0.25) is 0 Å². The van der Waals surface area contributed by atoms with Gasteiger partial charge in [0.1, 0.15) is 5.82 Å². The third-order valence-corrected chi connectivity index (χ3v) is 5.24. The molecule has 6 nitrogen and oxygen atoms in total. The third kappa shape index (κ3) is 2.92. The van der Waals surface area contributed by atoms with Gasteiger partial charge in [-0.1, -0.05) is 19.3 Å². The van der Waals surface area contributed by atoms with Crippen LogP contribution in [0.5, 0.6) is 0 Å². The number of nitrogens with zero attached hydrogens (tertiary/aromatic N) is 6. The predicted octanol–water partition coefficient (Wildman–Crippen LogP) is 2.23. The van der Waals surface area contributed by atoms with Crippen molar-refractivity contribution in [2.75, 3.05) is 38.1 Å². The van der Waals surface area contributed by atoms with Crippen LogP contribution < -0.4 is 4.90 Å². The van der Waals surface area contributed by atoms with Gasteiger partial charge in [0.2, 0.25) is 0 Å². The molecule has 0 spiro atoms. The summed E-state index contributed by atoms with van der Waals surface area (Å²) in [6.07, 6.45) is 6.41. The summed E-state index contributed by atoms with van der Waals surface area (Å²) < 4.78 is 1.97. The summed E-state index contributed by atoms with van der Waals surface area (Å²) in [6, 6.07) is 2.15. The fourth-order valence-electron chi connectivity index (χ4n) is 3.78. The zero-order chi connectivity index (χ0) is 15.8. The third-order valence-electron chi connectivity index (χ3n) is 5.24. The normalized spacial score (nSPS) is 21.2. The molecule has 1 saturated carbocycles. The van der Waals surface area contributed by atoms with Crippen molar-refractivity contribution in [3.05, 3.63) is 17.6 Å². The highest BCUT2D eigenvalue weighted by molar-refractivity contribution is 5.48. The fraction of sp³-hybridized carbons (Fsp3) is 0.706. The van der Waals surface area contributed by atoms with E-state index in [2.05, 4.69) is 34.8 Å². The number of hydrogen-bond acceptors (Lipinski definition) is 5. The van der Waals surface area contributed by atoms with Crippen molar-refractivity contribution in [3.8, 4) is 0 Å². The lowest BCUT2D eigenvalue weighted by Gasteiger charge is -2.33. The summed E-state index contributed by atoms with van der Waals surface area (Å²) >= 11 is 0. The van der Waals surface area contributed by atoms with Gasteiger partial charge in [-0.25, -0.2) is 4.98 Å². The Labute approximate surface area is 137 Å². The summed E-state index contributed by atoms with van der Waals surface area (Å²) in [5.41, 5.74) is 1.02. The van der Waals surface area contributed by atoms with Crippen molar-refractivity contribution >= 4 is 11.6 Å². The first-order valence-electron chi connectivity index (χ1n) is 8.88. The largest absolute Gasteiger partial charge is 0.354 e. The van der Waals surface area contributed by atoms with Crippen LogP contribution in [0.25, 0.3) is 5.78 Å². The van der Waals surface area contributed by atoms with Crippen LogP contribution in [-0.2, 0) is 0 Å². The van der Waals surface area contributed by atoms with E-state index in [1.807, 2.05) is 4.52 Å².